The number of nitrogens with zero attached hydrogens (tertiary/aromatic N) is 1. The average Bonchev–Trinajstić information content (AvgIpc) is 3.22. The monoisotopic (exact) mass is 869 g/mol. The second-order valence-corrected chi connectivity index (χ2v) is 17.5. The normalized spacial score (nSPS) is 14.8. The minimum Gasteiger partial charge on any atom is -0.457 e. The van der Waals surface area contributed by atoms with Crippen molar-refractivity contribution in [3.05, 3.63) is 122 Å². The van der Waals surface area contributed by atoms with Crippen LogP contribution in [0.2, 0.25) is 0 Å². The van der Waals surface area contributed by atoms with Crippen LogP contribution in [0.3, 0.4) is 0 Å². The lowest BCUT2D eigenvalue weighted by Gasteiger charge is -2.24. The van der Waals surface area contributed by atoms with Gasteiger partial charge in [0.1, 0.15) is 19.3 Å². The molecule has 0 aromatic carbocycles. The number of unbranched alkanes of at least 4 members (excludes halogenated alkanes) is 7. The zero-order chi connectivity index (χ0) is 44.8. The van der Waals surface area contributed by atoms with E-state index < -0.39 is 13.9 Å². The van der Waals surface area contributed by atoms with Crippen molar-refractivity contribution in [3.8, 4) is 0 Å². The highest BCUT2D eigenvalue weighted by Gasteiger charge is 2.26. The fraction of sp³-hybridized carbons (Fsp3) is 0.596. The van der Waals surface area contributed by atoms with Crippen LogP contribution in [0.1, 0.15) is 142 Å². The maximum absolute atomic E-state index is 12.7. The number of ether oxygens (including phenoxy) is 2. The Morgan fingerprint density at radius 1 is 0.508 bits per heavy atom. The number of likely N-dealkylation sites (N-methyl/N-ethyl adjacent to an activating group) is 1. The maximum Gasteiger partial charge on any atom is 0.472 e. The first-order chi connectivity index (χ1) is 29.6. The van der Waals surface area contributed by atoms with Crippen LogP contribution in [0.5, 0.6) is 0 Å². The van der Waals surface area contributed by atoms with Gasteiger partial charge in [-0.05, 0) is 96.3 Å². The third kappa shape index (κ3) is 47.8. The van der Waals surface area contributed by atoms with Crippen molar-refractivity contribution >= 4 is 13.8 Å². The minimum atomic E-state index is -4.31. The number of hydrogen-bond acceptors (Lipinski definition) is 6. The van der Waals surface area contributed by atoms with Gasteiger partial charge in [0.25, 0.3) is 0 Å². The Kier molecular flexibility index (Phi) is 41.3. The maximum atomic E-state index is 12.7. The van der Waals surface area contributed by atoms with Gasteiger partial charge in [-0.25, -0.2) is 4.57 Å². The predicted molar refractivity (Wildman–Crippen MR) is 260 cm³/mol. The lowest BCUT2D eigenvalue weighted by atomic mass is 10.1. The third-order valence-electron chi connectivity index (χ3n) is 9.02. The zero-order valence-corrected chi connectivity index (χ0v) is 40.0. The van der Waals surface area contributed by atoms with Crippen LogP contribution < -0.4 is 0 Å². The van der Waals surface area contributed by atoms with Gasteiger partial charge in [-0.2, -0.15) is 0 Å². The number of carbonyl (C=O) groups is 1. The molecule has 0 fully saturated rings. The number of phosphoric ester groups is 1. The van der Waals surface area contributed by atoms with E-state index in [1.807, 2.05) is 21.1 Å². The van der Waals surface area contributed by atoms with E-state index in [2.05, 4.69) is 135 Å². The summed E-state index contributed by atoms with van der Waals surface area (Å²) in [5.41, 5.74) is 0. The van der Waals surface area contributed by atoms with Crippen LogP contribution in [-0.2, 0) is 27.9 Å². The van der Waals surface area contributed by atoms with Crippen molar-refractivity contribution in [2.24, 2.45) is 0 Å². The quantitative estimate of drug-likeness (QED) is 0.0215. The molecule has 8 nitrogen and oxygen atoms in total. The topological polar surface area (TPSA) is 91.3 Å². The van der Waals surface area contributed by atoms with Crippen LogP contribution in [-0.4, -0.2) is 75.6 Å². The third-order valence-corrected chi connectivity index (χ3v) is 10.0. The predicted octanol–water partition coefficient (Wildman–Crippen LogP) is 14.2. The van der Waals surface area contributed by atoms with Gasteiger partial charge in [0.05, 0.1) is 34.4 Å². The SMILES string of the molecule is CC/C=C\C/C=C\C/C=C\C/C=C\C/C=C\C/C=C\C/C=C\CCCC(=O)OC(COCCCCCCCC/C=C\C/C=C\C/C=C\CC)COP(=O)(O)OCC[N+](C)(C)C. The molecule has 0 spiro atoms. The van der Waals surface area contributed by atoms with E-state index in [0.717, 1.165) is 96.3 Å². The van der Waals surface area contributed by atoms with Crippen LogP contribution >= 0.6 is 7.82 Å². The van der Waals surface area contributed by atoms with E-state index >= 15 is 0 Å². The van der Waals surface area contributed by atoms with Crippen molar-refractivity contribution in [1.82, 2.24) is 0 Å². The molecule has 1 N–H and O–H groups in total. The van der Waals surface area contributed by atoms with Gasteiger partial charge in [0, 0.05) is 13.0 Å². The van der Waals surface area contributed by atoms with Gasteiger partial charge in [-0.1, -0.05) is 161 Å². The summed E-state index contributed by atoms with van der Waals surface area (Å²) in [5.74, 6) is -0.382. The molecule has 0 aliphatic carbocycles. The standard InChI is InChI=1S/C52H86NO7P/c1-6-8-10-12-14-16-18-20-22-24-25-26-27-28-29-30-31-33-35-37-39-41-43-45-52(54)60-51(50-59-61(55,56)58-48-46-53(3,4)5)49-57-47-44-42-40-38-36-34-32-23-21-19-17-15-13-11-9-7-2/h8-11,14-17,20-23,25-26,28-29,31,33,37,39,51H,6-7,12-13,18-19,24,27,30,32,34-36,38,40-50H2,1-5H3/p+1/b10-8-,11-9-,16-14-,17-15-,22-20-,23-21-,26-25-,29-28-,33-31-,39-37-. The first-order valence-electron chi connectivity index (χ1n) is 23.3. The first kappa shape index (κ1) is 57.9. The van der Waals surface area contributed by atoms with Gasteiger partial charge in [-0.3, -0.25) is 13.8 Å². The molecule has 0 amide bonds. The second kappa shape index (κ2) is 43.5. The Bertz CT molecular complexity index is 1380. The smallest absolute Gasteiger partial charge is 0.457 e. The van der Waals surface area contributed by atoms with Crippen molar-refractivity contribution in [2.45, 2.75) is 148 Å². The molecule has 0 aromatic rings. The number of esters is 1. The van der Waals surface area contributed by atoms with Crippen molar-refractivity contribution in [1.29, 1.82) is 0 Å². The number of carbonyl (C=O) groups excluding carboxylic acids is 1. The molecule has 0 aliphatic rings. The van der Waals surface area contributed by atoms with E-state index in [4.69, 9.17) is 18.5 Å². The summed E-state index contributed by atoms with van der Waals surface area (Å²) in [6, 6.07) is 0. The van der Waals surface area contributed by atoms with E-state index in [9.17, 15) is 14.3 Å². The molecular formula is C52H87NO7P+. The van der Waals surface area contributed by atoms with Gasteiger partial charge in [0.15, 0.2) is 0 Å². The molecule has 0 aromatic heterocycles. The highest BCUT2D eigenvalue weighted by molar-refractivity contribution is 7.47. The van der Waals surface area contributed by atoms with Crippen LogP contribution in [0, 0.1) is 0 Å². The van der Waals surface area contributed by atoms with Crippen LogP contribution in [0.4, 0.5) is 0 Å². The van der Waals surface area contributed by atoms with Crippen molar-refractivity contribution in [2.75, 3.05) is 54.1 Å². The number of phosphoric acid groups is 1. The van der Waals surface area contributed by atoms with E-state index in [0.29, 0.717) is 24.1 Å². The molecule has 346 valence electrons. The summed E-state index contributed by atoms with van der Waals surface area (Å²) in [7, 11) is 1.60. The van der Waals surface area contributed by atoms with Crippen molar-refractivity contribution in [3.63, 3.8) is 0 Å². The molecule has 9 heteroatoms. The zero-order valence-electron chi connectivity index (χ0n) is 39.1. The summed E-state index contributed by atoms with van der Waals surface area (Å²) in [5, 5.41) is 0. The highest BCUT2D eigenvalue weighted by atomic mass is 31.2. The summed E-state index contributed by atoms with van der Waals surface area (Å²) < 4.78 is 35.0. The second-order valence-electron chi connectivity index (χ2n) is 16.0. The molecule has 0 saturated carbocycles. The lowest BCUT2D eigenvalue weighted by Crippen LogP contribution is -2.37. The Balaban J connectivity index is 4.38. The van der Waals surface area contributed by atoms with Crippen LogP contribution in [0.25, 0.3) is 0 Å². The fourth-order valence-corrected chi connectivity index (χ4v) is 6.24. The van der Waals surface area contributed by atoms with Gasteiger partial charge in [-0.15, -0.1) is 0 Å². The summed E-state index contributed by atoms with van der Waals surface area (Å²) >= 11 is 0. The molecule has 0 bridgehead atoms. The Hall–Kier alpha value is -3.10. The molecule has 0 rings (SSSR count). The Morgan fingerprint density at radius 2 is 0.902 bits per heavy atom. The number of quaternary nitrogens is 1. The van der Waals surface area contributed by atoms with Crippen molar-refractivity contribution < 1.29 is 37.3 Å². The fourth-order valence-electron chi connectivity index (χ4n) is 5.50. The highest BCUT2D eigenvalue weighted by Crippen LogP contribution is 2.43. The lowest BCUT2D eigenvalue weighted by molar-refractivity contribution is -0.870. The molecule has 0 heterocycles. The number of rotatable bonds is 41. The van der Waals surface area contributed by atoms with Gasteiger partial charge < -0.3 is 18.9 Å². The number of allylic oxidation sites excluding steroid dienone is 20. The molecule has 2 unspecified atom stereocenters. The molecule has 0 radical (unpaired) electrons. The van der Waals surface area contributed by atoms with Gasteiger partial charge in [0.2, 0.25) is 0 Å². The molecule has 61 heavy (non-hydrogen) atoms. The summed E-state index contributed by atoms with van der Waals surface area (Å²) in [4.78, 5) is 22.9. The number of hydrogen-bond donors (Lipinski definition) is 1. The summed E-state index contributed by atoms with van der Waals surface area (Å²) in [6.07, 6.45) is 62.5. The largest absolute Gasteiger partial charge is 0.472 e. The summed E-state index contributed by atoms with van der Waals surface area (Å²) in [6.45, 7) is 5.24. The minimum absolute atomic E-state index is 0.0670. The van der Waals surface area contributed by atoms with Gasteiger partial charge >= 0.3 is 13.8 Å². The molecule has 0 aliphatic heterocycles. The Morgan fingerprint density at radius 3 is 1.34 bits per heavy atom. The average molecular weight is 869 g/mol. The molecule has 0 saturated heterocycles. The van der Waals surface area contributed by atoms with E-state index in [1.165, 1.54) is 19.3 Å². The van der Waals surface area contributed by atoms with Crippen LogP contribution in [0.15, 0.2) is 122 Å². The molecule has 2 atom stereocenters. The first-order valence-corrected chi connectivity index (χ1v) is 24.8. The molecular weight excluding hydrogens is 782 g/mol. The van der Waals surface area contributed by atoms with E-state index in [-0.39, 0.29) is 32.2 Å². The Labute approximate surface area is 373 Å². The van der Waals surface area contributed by atoms with E-state index in [1.54, 1.807) is 0 Å².